The standard InChI is InChI=1S/C12H24Si/c1-6-8-12(9-7-2)10-11(12)13(3,4)5/h6,11H,1,7-10H2,2-5H3/t11-,12+/m0/s1. The van der Waals surface area contributed by atoms with Crippen LogP contribution in [0.3, 0.4) is 0 Å². The molecule has 2 atom stereocenters. The highest BCUT2D eigenvalue weighted by Gasteiger charge is 2.57. The van der Waals surface area contributed by atoms with Gasteiger partial charge in [0.15, 0.2) is 0 Å². The monoisotopic (exact) mass is 196 g/mol. The zero-order valence-electron chi connectivity index (χ0n) is 9.69. The molecule has 0 heterocycles. The molecule has 1 aliphatic carbocycles. The van der Waals surface area contributed by atoms with Crippen molar-refractivity contribution in [3.8, 4) is 0 Å². The Hall–Kier alpha value is -0.0431. The minimum Gasteiger partial charge on any atom is -0.103 e. The zero-order chi connectivity index (χ0) is 10.1. The summed E-state index contributed by atoms with van der Waals surface area (Å²) in [4.78, 5) is 0. The van der Waals surface area contributed by atoms with E-state index in [1.54, 1.807) is 0 Å². The van der Waals surface area contributed by atoms with Gasteiger partial charge in [-0.05, 0) is 30.2 Å². The maximum absolute atomic E-state index is 3.90. The molecule has 0 radical (unpaired) electrons. The molecule has 76 valence electrons. The third-order valence-corrected chi connectivity index (χ3v) is 6.44. The SMILES string of the molecule is C=CC[C@@]1(CCC)C[C@@H]1[Si](C)(C)C. The van der Waals surface area contributed by atoms with Crippen LogP contribution in [0.2, 0.25) is 25.2 Å². The molecular formula is C12H24Si. The molecule has 0 amide bonds. The van der Waals surface area contributed by atoms with Gasteiger partial charge in [0.25, 0.3) is 0 Å². The van der Waals surface area contributed by atoms with Crippen molar-refractivity contribution >= 4 is 8.07 Å². The Morgan fingerprint density at radius 2 is 2.08 bits per heavy atom. The summed E-state index contributed by atoms with van der Waals surface area (Å²) in [5, 5.41) is 0. The molecule has 1 aliphatic rings. The van der Waals surface area contributed by atoms with E-state index in [0.717, 1.165) is 5.54 Å². The quantitative estimate of drug-likeness (QED) is 0.450. The third-order valence-electron chi connectivity index (χ3n) is 3.53. The van der Waals surface area contributed by atoms with Gasteiger partial charge < -0.3 is 0 Å². The van der Waals surface area contributed by atoms with Crippen molar-refractivity contribution in [2.24, 2.45) is 5.41 Å². The Morgan fingerprint density at radius 3 is 2.38 bits per heavy atom. The molecule has 0 saturated heterocycles. The van der Waals surface area contributed by atoms with Crippen molar-refractivity contribution in [1.29, 1.82) is 0 Å². The second kappa shape index (κ2) is 3.60. The van der Waals surface area contributed by atoms with Gasteiger partial charge in [-0.1, -0.05) is 39.1 Å². The summed E-state index contributed by atoms with van der Waals surface area (Å²) in [5.74, 6) is 0. The van der Waals surface area contributed by atoms with Crippen LogP contribution in [0.5, 0.6) is 0 Å². The molecule has 1 rings (SSSR count). The van der Waals surface area contributed by atoms with Crippen LogP contribution in [0.4, 0.5) is 0 Å². The molecule has 0 aromatic heterocycles. The third kappa shape index (κ3) is 2.25. The smallest absolute Gasteiger partial charge is 0.0479 e. The number of hydrogen-bond acceptors (Lipinski definition) is 0. The fourth-order valence-corrected chi connectivity index (χ4v) is 6.08. The van der Waals surface area contributed by atoms with Gasteiger partial charge in [0.2, 0.25) is 0 Å². The Morgan fingerprint density at radius 1 is 1.46 bits per heavy atom. The minimum absolute atomic E-state index is 0.695. The first kappa shape index (κ1) is 11.0. The van der Waals surface area contributed by atoms with Crippen LogP contribution in [-0.2, 0) is 0 Å². The van der Waals surface area contributed by atoms with Crippen molar-refractivity contribution in [2.45, 2.75) is 57.8 Å². The van der Waals surface area contributed by atoms with E-state index in [-0.39, 0.29) is 0 Å². The van der Waals surface area contributed by atoms with Crippen LogP contribution >= 0.6 is 0 Å². The van der Waals surface area contributed by atoms with Crippen molar-refractivity contribution in [3.05, 3.63) is 12.7 Å². The lowest BCUT2D eigenvalue weighted by atomic mass is 9.97. The lowest BCUT2D eigenvalue weighted by Crippen LogP contribution is -2.23. The molecular weight excluding hydrogens is 172 g/mol. The minimum atomic E-state index is -0.881. The topological polar surface area (TPSA) is 0 Å². The molecule has 1 fully saturated rings. The summed E-state index contributed by atoms with van der Waals surface area (Å²) in [5.41, 5.74) is 1.76. The van der Waals surface area contributed by atoms with E-state index < -0.39 is 8.07 Å². The first-order valence-electron chi connectivity index (χ1n) is 5.57. The lowest BCUT2D eigenvalue weighted by molar-refractivity contribution is 0.463. The van der Waals surface area contributed by atoms with E-state index in [1.165, 1.54) is 25.7 Å². The van der Waals surface area contributed by atoms with Gasteiger partial charge in [-0.25, -0.2) is 0 Å². The summed E-state index contributed by atoms with van der Waals surface area (Å²) in [6.07, 6.45) is 7.65. The molecule has 1 heteroatoms. The van der Waals surface area contributed by atoms with Gasteiger partial charge in [0.1, 0.15) is 0 Å². The van der Waals surface area contributed by atoms with Crippen molar-refractivity contribution < 1.29 is 0 Å². The number of rotatable bonds is 5. The second-order valence-electron chi connectivity index (χ2n) is 5.73. The second-order valence-corrected chi connectivity index (χ2v) is 11.2. The summed E-state index contributed by atoms with van der Waals surface area (Å²) in [6, 6.07) is 0. The van der Waals surface area contributed by atoms with Gasteiger partial charge in [-0.2, -0.15) is 0 Å². The van der Waals surface area contributed by atoms with E-state index >= 15 is 0 Å². The van der Waals surface area contributed by atoms with Gasteiger partial charge >= 0.3 is 0 Å². The van der Waals surface area contributed by atoms with Crippen molar-refractivity contribution in [1.82, 2.24) is 0 Å². The Bertz CT molecular complexity index is 190. The molecule has 0 aromatic rings. The summed E-state index contributed by atoms with van der Waals surface area (Å²) in [6.45, 7) is 13.7. The van der Waals surface area contributed by atoms with Gasteiger partial charge in [0, 0.05) is 8.07 Å². The first-order chi connectivity index (χ1) is 5.96. The van der Waals surface area contributed by atoms with E-state index in [1.807, 2.05) is 0 Å². The van der Waals surface area contributed by atoms with Crippen LogP contribution in [-0.4, -0.2) is 8.07 Å². The summed E-state index contributed by atoms with van der Waals surface area (Å²) >= 11 is 0. The average Bonchev–Trinajstić information content (AvgIpc) is 2.64. The van der Waals surface area contributed by atoms with Crippen LogP contribution in [0, 0.1) is 5.41 Å². The van der Waals surface area contributed by atoms with Gasteiger partial charge in [-0.3, -0.25) is 0 Å². The highest BCUT2D eigenvalue weighted by atomic mass is 28.3. The predicted molar refractivity (Wildman–Crippen MR) is 63.9 cm³/mol. The number of hydrogen-bond donors (Lipinski definition) is 0. The van der Waals surface area contributed by atoms with Crippen molar-refractivity contribution in [3.63, 3.8) is 0 Å². The fraction of sp³-hybridized carbons (Fsp3) is 0.833. The maximum atomic E-state index is 3.90. The van der Waals surface area contributed by atoms with E-state index in [9.17, 15) is 0 Å². The van der Waals surface area contributed by atoms with Crippen LogP contribution in [0.15, 0.2) is 12.7 Å². The fourth-order valence-electron chi connectivity index (χ4n) is 2.96. The molecule has 0 aliphatic heterocycles. The molecule has 0 N–H and O–H groups in total. The number of allylic oxidation sites excluding steroid dienone is 1. The Balaban J connectivity index is 2.60. The van der Waals surface area contributed by atoms with E-state index in [2.05, 4.69) is 39.2 Å². The average molecular weight is 196 g/mol. The molecule has 0 unspecified atom stereocenters. The molecule has 0 spiro atoms. The van der Waals surface area contributed by atoms with Crippen LogP contribution in [0.25, 0.3) is 0 Å². The Kier molecular flexibility index (Phi) is 3.06. The highest BCUT2D eigenvalue weighted by Crippen LogP contribution is 2.67. The van der Waals surface area contributed by atoms with Gasteiger partial charge in [0.05, 0.1) is 0 Å². The predicted octanol–water partition coefficient (Wildman–Crippen LogP) is 4.46. The van der Waals surface area contributed by atoms with Crippen LogP contribution < -0.4 is 0 Å². The molecule has 0 bridgehead atoms. The molecule has 0 nitrogen and oxygen atoms in total. The lowest BCUT2D eigenvalue weighted by Gasteiger charge is -2.22. The summed E-state index contributed by atoms with van der Waals surface area (Å²) in [7, 11) is -0.881. The van der Waals surface area contributed by atoms with E-state index in [0.29, 0.717) is 5.41 Å². The Labute approximate surface area is 84.4 Å². The first-order valence-corrected chi connectivity index (χ1v) is 9.15. The van der Waals surface area contributed by atoms with E-state index in [4.69, 9.17) is 0 Å². The largest absolute Gasteiger partial charge is 0.103 e. The maximum Gasteiger partial charge on any atom is 0.0479 e. The molecule has 13 heavy (non-hydrogen) atoms. The van der Waals surface area contributed by atoms with Crippen LogP contribution in [0.1, 0.15) is 32.6 Å². The molecule has 1 saturated carbocycles. The van der Waals surface area contributed by atoms with Crippen molar-refractivity contribution in [2.75, 3.05) is 0 Å². The summed E-state index contributed by atoms with van der Waals surface area (Å²) < 4.78 is 0. The normalized spacial score (nSPS) is 33.1. The zero-order valence-corrected chi connectivity index (χ0v) is 10.7. The van der Waals surface area contributed by atoms with Gasteiger partial charge in [-0.15, -0.1) is 6.58 Å². The highest BCUT2D eigenvalue weighted by molar-refractivity contribution is 6.78. The molecule has 0 aromatic carbocycles.